The molecule has 0 aliphatic rings. The normalized spacial score (nSPS) is 0. The molecule has 0 bridgehead atoms. The molecule has 0 fully saturated rings. The molecule has 0 unspecified atom stereocenters. The number of hydrogen-bond donors (Lipinski definition) is 0. The quantitative estimate of drug-likeness (QED) is 0.445. The third-order valence-electron chi connectivity index (χ3n) is 0. The second-order valence-corrected chi connectivity index (χ2v) is 0. The zero-order chi connectivity index (χ0) is 0. The second kappa shape index (κ2) is 23.0. The molecule has 0 aromatic rings. The fraction of sp³-hybridized carbons (Fsp3) is 1.00. The molecule has 0 saturated heterocycles. The molecule has 4 heavy (non-hydrogen) atoms. The van der Waals surface area contributed by atoms with Crippen LogP contribution in [0.25, 0.3) is 0 Å². The third-order valence-corrected chi connectivity index (χ3v) is 0. The van der Waals surface area contributed by atoms with Crippen LogP contribution in [0.2, 0.25) is 0 Å². The van der Waals surface area contributed by atoms with E-state index in [1.54, 1.807) is 0 Å². The van der Waals surface area contributed by atoms with Gasteiger partial charge in [0.05, 0.1) is 0 Å². The van der Waals surface area contributed by atoms with Gasteiger partial charge in [-0.2, -0.15) is 0 Å². The van der Waals surface area contributed by atoms with Crippen LogP contribution in [-0.2, 0) is 0 Å². The average molecular weight is 273 g/mol. The van der Waals surface area contributed by atoms with Crippen molar-refractivity contribution in [2.75, 3.05) is 0 Å². The summed E-state index contributed by atoms with van der Waals surface area (Å²) in [7, 11) is 0. The van der Waals surface area contributed by atoms with E-state index in [0.717, 1.165) is 0 Å². The Balaban J connectivity index is 0. The van der Waals surface area contributed by atoms with E-state index in [0.29, 0.717) is 0 Å². The predicted molar refractivity (Wildman–Crippen MR) is 28.8 cm³/mol. The summed E-state index contributed by atoms with van der Waals surface area (Å²) in [6, 6.07) is 0. The van der Waals surface area contributed by atoms with Crippen LogP contribution in [-0.4, -0.2) is 55.2 Å². The van der Waals surface area contributed by atoms with E-state index in [1.165, 1.54) is 0 Å². The molecule has 0 aliphatic carbocycles. The molecule has 0 atom stereocenters. The van der Waals surface area contributed by atoms with Crippen molar-refractivity contribution in [3.05, 3.63) is 0 Å². The first-order valence-corrected chi connectivity index (χ1v) is 0. The maximum atomic E-state index is 0. The van der Waals surface area contributed by atoms with Crippen molar-refractivity contribution < 1.29 is 5.48 Å². The molecule has 0 heterocycles. The number of rotatable bonds is 0. The SMILES string of the molecule is C.O.[InH3].[SnH2]. The molecular weight excluding hydrogens is 262 g/mol. The molecule has 28 valence electrons. The Hall–Kier alpha value is 1.63. The number of hydrogen-bond acceptors (Lipinski definition) is 0. The van der Waals surface area contributed by atoms with Crippen molar-refractivity contribution >= 4 is 49.8 Å². The van der Waals surface area contributed by atoms with E-state index >= 15 is 0 Å². The first-order valence-electron chi connectivity index (χ1n) is 0. The fourth-order valence-electron chi connectivity index (χ4n) is 0. The van der Waals surface area contributed by atoms with Crippen LogP contribution < -0.4 is 0 Å². The van der Waals surface area contributed by atoms with Crippen molar-refractivity contribution in [2.24, 2.45) is 0 Å². The zero-order valence-electron chi connectivity index (χ0n) is 1.21. The Morgan fingerprint density at radius 3 is 1.00 bits per heavy atom. The monoisotopic (exact) mass is 274 g/mol. The zero-order valence-corrected chi connectivity index (χ0v) is 5.24. The minimum absolute atomic E-state index is 0. The van der Waals surface area contributed by atoms with Crippen LogP contribution in [0, 0.1) is 0 Å². The van der Waals surface area contributed by atoms with Gasteiger partial charge in [0.25, 0.3) is 0 Å². The molecule has 0 rings (SSSR count). The Morgan fingerprint density at radius 2 is 1.00 bits per heavy atom. The summed E-state index contributed by atoms with van der Waals surface area (Å²) in [6.45, 7) is 0. The van der Waals surface area contributed by atoms with Crippen molar-refractivity contribution in [1.82, 2.24) is 0 Å². The van der Waals surface area contributed by atoms with Gasteiger partial charge in [-0.15, -0.1) is 0 Å². The molecule has 0 saturated carbocycles. The van der Waals surface area contributed by atoms with Crippen molar-refractivity contribution in [3.8, 4) is 0 Å². The van der Waals surface area contributed by atoms with Crippen LogP contribution in [0.3, 0.4) is 0 Å². The molecule has 0 aromatic heterocycles. The van der Waals surface area contributed by atoms with Crippen LogP contribution in [0.1, 0.15) is 7.43 Å². The average Bonchev–Trinajstić information content (AvgIpc) is 0. The van der Waals surface area contributed by atoms with Gasteiger partial charge in [0.2, 0.25) is 0 Å². The van der Waals surface area contributed by atoms with Gasteiger partial charge in [-0.1, -0.05) is 7.43 Å². The third kappa shape index (κ3) is 9.45. The van der Waals surface area contributed by atoms with Gasteiger partial charge in [0.1, 0.15) is 0 Å². The standard InChI is InChI=1S/CH4.In.H2O.Sn.5H/h1H4;;1H2;;;;;;. The molecule has 0 spiro atoms. The Labute approximate surface area is 62.2 Å². The minimum atomic E-state index is 0. The molecule has 0 aliphatic heterocycles. The maximum absolute atomic E-state index is 0. The van der Waals surface area contributed by atoms with Crippen LogP contribution in [0.4, 0.5) is 0 Å². The van der Waals surface area contributed by atoms with Gasteiger partial charge >= 0.3 is 49.8 Å². The molecular formula is CH11InOSn. The molecule has 0 amide bonds. The van der Waals surface area contributed by atoms with E-state index in [2.05, 4.69) is 0 Å². The molecule has 3 heteroatoms. The van der Waals surface area contributed by atoms with Gasteiger partial charge < -0.3 is 5.48 Å². The van der Waals surface area contributed by atoms with Crippen LogP contribution >= 0.6 is 0 Å². The van der Waals surface area contributed by atoms with E-state index in [9.17, 15) is 0 Å². The summed E-state index contributed by atoms with van der Waals surface area (Å²) in [5.41, 5.74) is 0. The summed E-state index contributed by atoms with van der Waals surface area (Å²) in [4.78, 5) is 0. The van der Waals surface area contributed by atoms with Crippen molar-refractivity contribution in [1.29, 1.82) is 0 Å². The van der Waals surface area contributed by atoms with E-state index in [-0.39, 0.29) is 62.7 Å². The van der Waals surface area contributed by atoms with Gasteiger partial charge in [0, 0.05) is 0 Å². The molecule has 2 N–H and O–H groups in total. The van der Waals surface area contributed by atoms with Crippen molar-refractivity contribution in [2.45, 2.75) is 7.43 Å². The van der Waals surface area contributed by atoms with E-state index < -0.39 is 0 Å². The van der Waals surface area contributed by atoms with Crippen LogP contribution in [0.15, 0.2) is 0 Å². The van der Waals surface area contributed by atoms with E-state index in [1.807, 2.05) is 0 Å². The first kappa shape index (κ1) is 45.5. The molecule has 2 radical (unpaired) electrons. The second-order valence-electron chi connectivity index (χ2n) is 0. The van der Waals surface area contributed by atoms with Gasteiger partial charge in [-0.3, -0.25) is 0 Å². The fourth-order valence-corrected chi connectivity index (χ4v) is 0. The predicted octanol–water partition coefficient (Wildman–Crippen LogP) is -2.29. The summed E-state index contributed by atoms with van der Waals surface area (Å²) < 4.78 is 0. The molecule has 0 aromatic carbocycles. The Bertz CT molecular complexity index is 8.00. The Morgan fingerprint density at radius 1 is 1.00 bits per heavy atom. The summed E-state index contributed by atoms with van der Waals surface area (Å²) in [6.07, 6.45) is 0. The van der Waals surface area contributed by atoms with Gasteiger partial charge in [-0.25, -0.2) is 0 Å². The Kier molecular flexibility index (Phi) is 261. The van der Waals surface area contributed by atoms with Gasteiger partial charge in [-0.05, 0) is 0 Å². The van der Waals surface area contributed by atoms with Crippen LogP contribution in [0.5, 0.6) is 0 Å². The summed E-state index contributed by atoms with van der Waals surface area (Å²) in [5, 5.41) is 0. The summed E-state index contributed by atoms with van der Waals surface area (Å²) in [5.74, 6) is 0. The molecule has 1 nitrogen and oxygen atoms in total. The van der Waals surface area contributed by atoms with Gasteiger partial charge in [0.15, 0.2) is 0 Å². The first-order chi connectivity index (χ1) is 0. The summed E-state index contributed by atoms with van der Waals surface area (Å²) >= 11 is 0. The topological polar surface area (TPSA) is 31.5 Å². The van der Waals surface area contributed by atoms with Crippen molar-refractivity contribution in [3.63, 3.8) is 0 Å². The van der Waals surface area contributed by atoms with E-state index in [4.69, 9.17) is 0 Å².